The molecule has 0 saturated heterocycles. The Morgan fingerprint density at radius 2 is 1.76 bits per heavy atom. The first-order valence-electron chi connectivity index (χ1n) is 7.26. The molecule has 1 unspecified atom stereocenters. The van der Waals surface area contributed by atoms with Gasteiger partial charge in [0.15, 0.2) is 11.5 Å². The van der Waals surface area contributed by atoms with Crippen LogP contribution >= 0.6 is 15.9 Å². The Kier molecular flexibility index (Phi) is 7.49. The van der Waals surface area contributed by atoms with E-state index in [1.807, 2.05) is 12.1 Å². The highest BCUT2D eigenvalue weighted by atomic mass is 79.9. The van der Waals surface area contributed by atoms with Gasteiger partial charge in [-0.3, -0.25) is 4.90 Å². The van der Waals surface area contributed by atoms with E-state index in [0.717, 1.165) is 28.8 Å². The average Bonchev–Trinajstić information content (AvgIpc) is 2.46. The number of likely N-dealkylation sites (N-methyl/N-ethyl adjacent to an activating group) is 1. The van der Waals surface area contributed by atoms with E-state index in [2.05, 4.69) is 41.7 Å². The van der Waals surface area contributed by atoms with Crippen LogP contribution < -0.4 is 15.2 Å². The summed E-state index contributed by atoms with van der Waals surface area (Å²) in [5.41, 5.74) is 7.13. The molecule has 21 heavy (non-hydrogen) atoms. The molecule has 0 aliphatic heterocycles. The van der Waals surface area contributed by atoms with E-state index in [1.165, 1.54) is 0 Å². The molecule has 1 atom stereocenters. The van der Waals surface area contributed by atoms with E-state index in [1.54, 1.807) is 14.2 Å². The molecular weight excluding hydrogens is 332 g/mol. The minimum Gasteiger partial charge on any atom is -0.493 e. The van der Waals surface area contributed by atoms with E-state index >= 15 is 0 Å². The number of hydrogen-bond acceptors (Lipinski definition) is 4. The van der Waals surface area contributed by atoms with E-state index in [0.29, 0.717) is 18.2 Å². The summed E-state index contributed by atoms with van der Waals surface area (Å²) < 4.78 is 11.7. The smallest absolute Gasteiger partial charge is 0.161 e. The molecule has 0 fully saturated rings. The summed E-state index contributed by atoms with van der Waals surface area (Å²) in [7, 11) is 5.40. The van der Waals surface area contributed by atoms with Crippen molar-refractivity contribution in [2.24, 2.45) is 11.7 Å². The molecule has 1 rings (SSSR count). The van der Waals surface area contributed by atoms with Crippen LogP contribution in [0, 0.1) is 5.92 Å². The van der Waals surface area contributed by atoms with Gasteiger partial charge in [0.25, 0.3) is 0 Å². The van der Waals surface area contributed by atoms with Crippen molar-refractivity contribution >= 4 is 15.9 Å². The lowest BCUT2D eigenvalue weighted by atomic mass is 10.0. The van der Waals surface area contributed by atoms with Gasteiger partial charge in [-0.05, 0) is 43.6 Å². The van der Waals surface area contributed by atoms with Gasteiger partial charge in [-0.2, -0.15) is 0 Å². The maximum Gasteiger partial charge on any atom is 0.161 e. The predicted molar refractivity (Wildman–Crippen MR) is 91.1 cm³/mol. The third kappa shape index (κ3) is 4.87. The van der Waals surface area contributed by atoms with E-state index in [9.17, 15) is 0 Å². The van der Waals surface area contributed by atoms with Crippen molar-refractivity contribution in [2.75, 3.05) is 34.4 Å². The van der Waals surface area contributed by atoms with Crippen molar-refractivity contribution in [3.05, 3.63) is 22.2 Å². The van der Waals surface area contributed by atoms with Crippen molar-refractivity contribution in [1.29, 1.82) is 0 Å². The zero-order valence-corrected chi connectivity index (χ0v) is 15.2. The minimum atomic E-state index is 0.151. The largest absolute Gasteiger partial charge is 0.493 e. The van der Waals surface area contributed by atoms with E-state index in [4.69, 9.17) is 15.2 Å². The quantitative estimate of drug-likeness (QED) is 0.772. The van der Waals surface area contributed by atoms with Gasteiger partial charge in [-0.25, -0.2) is 0 Å². The number of hydrogen-bond donors (Lipinski definition) is 1. The van der Waals surface area contributed by atoms with Crippen LogP contribution in [0.3, 0.4) is 0 Å². The Morgan fingerprint density at radius 1 is 1.19 bits per heavy atom. The molecule has 0 aromatic heterocycles. The monoisotopic (exact) mass is 358 g/mol. The van der Waals surface area contributed by atoms with Gasteiger partial charge in [-0.1, -0.05) is 29.8 Å². The second-order valence-corrected chi connectivity index (χ2v) is 6.50. The van der Waals surface area contributed by atoms with Crippen LogP contribution in [-0.4, -0.2) is 39.3 Å². The zero-order valence-electron chi connectivity index (χ0n) is 13.6. The van der Waals surface area contributed by atoms with Crippen LogP contribution in [0.1, 0.15) is 31.9 Å². The van der Waals surface area contributed by atoms with Crippen molar-refractivity contribution in [3.8, 4) is 11.5 Å². The number of benzene rings is 1. The molecule has 0 heterocycles. The number of nitrogens with zero attached hydrogens (tertiary/aromatic N) is 1. The summed E-state index contributed by atoms with van der Waals surface area (Å²) in [5.74, 6) is 2.12. The van der Waals surface area contributed by atoms with Crippen molar-refractivity contribution in [1.82, 2.24) is 4.90 Å². The Bertz CT molecular complexity index is 452. The van der Waals surface area contributed by atoms with Crippen LogP contribution in [0.4, 0.5) is 0 Å². The average molecular weight is 359 g/mol. The van der Waals surface area contributed by atoms with Gasteiger partial charge in [0.1, 0.15) is 0 Å². The number of ether oxygens (including phenoxy) is 2. The Morgan fingerprint density at radius 3 is 2.24 bits per heavy atom. The predicted octanol–water partition coefficient (Wildman–Crippen LogP) is 3.44. The number of halogens is 1. The molecule has 0 bridgehead atoms. The molecule has 0 spiro atoms. The second-order valence-electron chi connectivity index (χ2n) is 5.64. The van der Waals surface area contributed by atoms with Gasteiger partial charge < -0.3 is 15.2 Å². The van der Waals surface area contributed by atoms with Crippen LogP contribution in [0.25, 0.3) is 0 Å². The summed E-state index contributed by atoms with van der Waals surface area (Å²) in [4.78, 5) is 2.30. The summed E-state index contributed by atoms with van der Waals surface area (Å²) in [6.45, 7) is 6.04. The molecule has 1 aromatic carbocycles. The van der Waals surface area contributed by atoms with Crippen molar-refractivity contribution in [2.45, 2.75) is 26.3 Å². The Hall–Kier alpha value is -0.780. The minimum absolute atomic E-state index is 0.151. The van der Waals surface area contributed by atoms with E-state index < -0.39 is 0 Å². The van der Waals surface area contributed by atoms with Gasteiger partial charge in [0, 0.05) is 17.1 Å². The van der Waals surface area contributed by atoms with Gasteiger partial charge in [-0.15, -0.1) is 0 Å². The number of nitrogens with two attached hydrogens (primary N) is 1. The second kappa shape index (κ2) is 8.61. The summed E-state index contributed by atoms with van der Waals surface area (Å²) in [5, 5.41) is 0. The third-order valence-electron chi connectivity index (χ3n) is 3.68. The molecule has 0 aliphatic rings. The Labute approximate surface area is 136 Å². The summed E-state index contributed by atoms with van der Waals surface area (Å²) >= 11 is 3.62. The highest BCUT2D eigenvalue weighted by molar-refractivity contribution is 9.10. The molecule has 4 nitrogen and oxygen atoms in total. The summed E-state index contributed by atoms with van der Waals surface area (Å²) in [6.07, 6.45) is 1.15. The molecule has 0 aliphatic carbocycles. The van der Waals surface area contributed by atoms with Gasteiger partial charge in [0.05, 0.1) is 14.2 Å². The Balaban J connectivity index is 3.04. The topological polar surface area (TPSA) is 47.7 Å². The maximum atomic E-state index is 6.01. The number of methoxy groups -OCH3 is 2. The molecular formula is C16H27BrN2O2. The molecule has 5 heteroatoms. The molecule has 1 aromatic rings. The fourth-order valence-corrected chi connectivity index (χ4v) is 2.87. The molecule has 0 saturated carbocycles. The first-order chi connectivity index (χ1) is 9.94. The van der Waals surface area contributed by atoms with Crippen LogP contribution in [0.2, 0.25) is 0 Å². The van der Waals surface area contributed by atoms with Crippen molar-refractivity contribution < 1.29 is 9.47 Å². The lowest BCUT2D eigenvalue weighted by molar-refractivity contribution is 0.235. The lowest BCUT2D eigenvalue weighted by Gasteiger charge is -2.29. The highest BCUT2D eigenvalue weighted by Crippen LogP contribution is 2.37. The van der Waals surface area contributed by atoms with Crippen LogP contribution in [0.15, 0.2) is 16.6 Å². The third-order valence-corrected chi connectivity index (χ3v) is 4.36. The van der Waals surface area contributed by atoms with E-state index in [-0.39, 0.29) is 6.04 Å². The molecule has 0 radical (unpaired) electrons. The lowest BCUT2D eigenvalue weighted by Crippen LogP contribution is -2.32. The maximum absolute atomic E-state index is 6.01. The number of rotatable bonds is 8. The van der Waals surface area contributed by atoms with Gasteiger partial charge >= 0.3 is 0 Å². The SMILES string of the molecule is COc1cc(Br)c(C(CN)N(C)CCC(C)C)cc1OC. The van der Waals surface area contributed by atoms with Gasteiger partial charge in [0.2, 0.25) is 0 Å². The standard InChI is InChI=1S/C16H27BrN2O2/c1-11(2)6-7-19(3)14(10-18)12-8-15(20-4)16(21-5)9-13(12)17/h8-9,11,14H,6-7,10,18H2,1-5H3. The van der Waals surface area contributed by atoms with Crippen molar-refractivity contribution in [3.63, 3.8) is 0 Å². The molecule has 2 N–H and O–H groups in total. The fourth-order valence-electron chi connectivity index (χ4n) is 2.29. The normalized spacial score (nSPS) is 12.8. The van der Waals surface area contributed by atoms with Crippen LogP contribution in [-0.2, 0) is 0 Å². The first-order valence-corrected chi connectivity index (χ1v) is 8.05. The molecule has 120 valence electrons. The zero-order chi connectivity index (χ0) is 16.0. The molecule has 0 amide bonds. The fraction of sp³-hybridized carbons (Fsp3) is 0.625. The first kappa shape index (κ1) is 18.3. The van der Waals surface area contributed by atoms with Crippen LogP contribution in [0.5, 0.6) is 11.5 Å². The summed E-state index contributed by atoms with van der Waals surface area (Å²) in [6, 6.07) is 4.09. The highest BCUT2D eigenvalue weighted by Gasteiger charge is 2.20.